The Morgan fingerprint density at radius 2 is 1.83 bits per heavy atom. The number of halogens is 2. The van der Waals surface area contributed by atoms with Gasteiger partial charge in [-0.3, -0.25) is 4.55 Å². The molecular formula is C10H10F2O5S. The Morgan fingerprint density at radius 3 is 2.28 bits per heavy atom. The van der Waals surface area contributed by atoms with E-state index in [9.17, 15) is 22.0 Å². The van der Waals surface area contributed by atoms with Gasteiger partial charge in [-0.05, 0) is 19.1 Å². The van der Waals surface area contributed by atoms with Crippen molar-refractivity contribution < 1.29 is 31.3 Å². The Bertz CT molecular complexity index is 536. The van der Waals surface area contributed by atoms with Gasteiger partial charge in [0.25, 0.3) is 0 Å². The van der Waals surface area contributed by atoms with Crippen molar-refractivity contribution in [1.29, 1.82) is 0 Å². The van der Waals surface area contributed by atoms with Crippen LogP contribution in [0.5, 0.6) is 0 Å². The smallest absolute Gasteiger partial charge is 0.402 e. The minimum Gasteiger partial charge on any atom is -0.454 e. The maximum absolute atomic E-state index is 12.8. The van der Waals surface area contributed by atoms with Crippen LogP contribution in [0.25, 0.3) is 0 Å². The van der Waals surface area contributed by atoms with Crippen LogP contribution in [0.15, 0.2) is 24.3 Å². The standard InChI is InChI=1S/C10H10F2O5S/c1-7-2-4-8(5-3-7)9(13)17-6-10(11,12)18(14,15)16/h2-5H,6H2,1H3,(H,14,15,16). The van der Waals surface area contributed by atoms with Gasteiger partial charge >= 0.3 is 21.3 Å². The van der Waals surface area contributed by atoms with Crippen molar-refractivity contribution in [3.05, 3.63) is 35.4 Å². The number of hydrogen-bond acceptors (Lipinski definition) is 4. The molecule has 0 radical (unpaired) electrons. The number of rotatable bonds is 4. The average Bonchev–Trinajstić information content (AvgIpc) is 2.25. The van der Waals surface area contributed by atoms with Crippen molar-refractivity contribution in [2.45, 2.75) is 12.2 Å². The molecule has 0 aliphatic heterocycles. The lowest BCUT2D eigenvalue weighted by molar-refractivity contribution is -0.00950. The fraction of sp³-hybridized carbons (Fsp3) is 0.300. The van der Waals surface area contributed by atoms with E-state index in [1.165, 1.54) is 12.1 Å². The number of hydrogen-bond donors (Lipinski definition) is 1. The van der Waals surface area contributed by atoms with E-state index < -0.39 is 27.9 Å². The van der Waals surface area contributed by atoms with E-state index in [0.717, 1.165) is 5.56 Å². The van der Waals surface area contributed by atoms with Crippen LogP contribution in [0.2, 0.25) is 0 Å². The number of carbonyl (C=O) groups excluding carboxylic acids is 1. The van der Waals surface area contributed by atoms with E-state index in [4.69, 9.17) is 4.55 Å². The molecule has 1 rings (SSSR count). The Hall–Kier alpha value is -1.54. The van der Waals surface area contributed by atoms with Gasteiger partial charge in [-0.25, -0.2) is 4.79 Å². The third-order valence-electron chi connectivity index (χ3n) is 2.04. The number of benzene rings is 1. The molecule has 1 aromatic rings. The van der Waals surface area contributed by atoms with Gasteiger partial charge < -0.3 is 4.74 Å². The molecule has 0 saturated heterocycles. The highest BCUT2D eigenvalue weighted by atomic mass is 32.2. The lowest BCUT2D eigenvalue weighted by Crippen LogP contribution is -2.34. The molecule has 0 fully saturated rings. The van der Waals surface area contributed by atoms with Crippen LogP contribution in [0.4, 0.5) is 8.78 Å². The van der Waals surface area contributed by atoms with Crippen molar-refractivity contribution in [1.82, 2.24) is 0 Å². The first kappa shape index (κ1) is 14.5. The fourth-order valence-corrected chi connectivity index (χ4v) is 1.20. The lowest BCUT2D eigenvalue weighted by Gasteiger charge is -2.12. The van der Waals surface area contributed by atoms with Crippen LogP contribution in [-0.4, -0.2) is 30.8 Å². The molecule has 1 aromatic carbocycles. The summed E-state index contributed by atoms with van der Waals surface area (Å²) < 4.78 is 58.4. The summed E-state index contributed by atoms with van der Waals surface area (Å²) in [6, 6.07) is 5.83. The number of aryl methyl sites for hydroxylation is 1. The predicted octanol–water partition coefficient (Wildman–Crippen LogP) is 1.63. The van der Waals surface area contributed by atoms with Gasteiger partial charge in [0.05, 0.1) is 5.56 Å². The van der Waals surface area contributed by atoms with Gasteiger partial charge in [-0.1, -0.05) is 17.7 Å². The van der Waals surface area contributed by atoms with E-state index in [2.05, 4.69) is 4.74 Å². The topological polar surface area (TPSA) is 80.7 Å². The summed E-state index contributed by atoms with van der Waals surface area (Å²) in [6.07, 6.45) is 0. The molecule has 0 aliphatic carbocycles. The maximum atomic E-state index is 12.8. The van der Waals surface area contributed by atoms with Gasteiger partial charge in [-0.2, -0.15) is 17.2 Å². The SMILES string of the molecule is Cc1ccc(C(=O)OCC(F)(F)S(=O)(=O)O)cc1. The molecule has 0 atom stereocenters. The Kier molecular flexibility index (Phi) is 4.02. The van der Waals surface area contributed by atoms with Crippen molar-refractivity contribution in [2.75, 3.05) is 6.61 Å². The largest absolute Gasteiger partial charge is 0.454 e. The quantitative estimate of drug-likeness (QED) is 0.669. The average molecular weight is 280 g/mol. The van der Waals surface area contributed by atoms with Crippen LogP contribution in [0.3, 0.4) is 0 Å². The first-order valence-electron chi connectivity index (χ1n) is 4.72. The summed E-state index contributed by atoms with van der Waals surface area (Å²) in [5.41, 5.74) is 0.863. The molecule has 18 heavy (non-hydrogen) atoms. The van der Waals surface area contributed by atoms with Crippen LogP contribution in [0.1, 0.15) is 15.9 Å². The Labute approximate surface area is 102 Å². The number of esters is 1. The van der Waals surface area contributed by atoms with Gasteiger partial charge in [-0.15, -0.1) is 0 Å². The molecule has 0 spiro atoms. The minimum absolute atomic E-state index is 0.00624. The van der Waals surface area contributed by atoms with Crippen LogP contribution >= 0.6 is 0 Å². The zero-order valence-electron chi connectivity index (χ0n) is 9.26. The highest BCUT2D eigenvalue weighted by molar-refractivity contribution is 7.86. The summed E-state index contributed by atoms with van der Waals surface area (Å²) in [4.78, 5) is 11.3. The molecule has 0 bridgehead atoms. The molecular weight excluding hydrogens is 270 g/mol. The monoisotopic (exact) mass is 280 g/mol. The second-order valence-electron chi connectivity index (χ2n) is 3.55. The van der Waals surface area contributed by atoms with Crippen molar-refractivity contribution in [2.24, 2.45) is 0 Å². The van der Waals surface area contributed by atoms with Gasteiger partial charge in [0.15, 0.2) is 6.61 Å². The minimum atomic E-state index is -5.60. The second-order valence-corrected chi connectivity index (χ2v) is 5.10. The zero-order chi connectivity index (χ0) is 14.0. The van der Waals surface area contributed by atoms with Gasteiger partial charge in [0, 0.05) is 0 Å². The lowest BCUT2D eigenvalue weighted by atomic mass is 10.1. The third-order valence-corrected chi connectivity index (χ3v) is 2.91. The molecule has 1 N–H and O–H groups in total. The van der Waals surface area contributed by atoms with E-state index in [0.29, 0.717) is 0 Å². The fourth-order valence-electron chi connectivity index (χ4n) is 0.997. The Morgan fingerprint density at radius 1 is 1.33 bits per heavy atom. The van der Waals surface area contributed by atoms with Crippen LogP contribution in [0, 0.1) is 6.92 Å². The first-order chi connectivity index (χ1) is 8.13. The highest BCUT2D eigenvalue weighted by Crippen LogP contribution is 2.21. The van der Waals surface area contributed by atoms with Crippen molar-refractivity contribution in [3.63, 3.8) is 0 Å². The molecule has 0 amide bonds. The molecule has 0 saturated carbocycles. The van der Waals surface area contributed by atoms with Crippen LogP contribution in [-0.2, 0) is 14.9 Å². The molecule has 100 valence electrons. The van der Waals surface area contributed by atoms with E-state index in [1.54, 1.807) is 19.1 Å². The number of ether oxygens (including phenoxy) is 1. The first-order valence-corrected chi connectivity index (χ1v) is 6.16. The number of carbonyl (C=O) groups is 1. The maximum Gasteiger partial charge on any atom is 0.402 e. The summed E-state index contributed by atoms with van der Waals surface area (Å²) >= 11 is 0. The molecule has 0 aromatic heterocycles. The zero-order valence-corrected chi connectivity index (χ0v) is 10.1. The summed E-state index contributed by atoms with van der Waals surface area (Å²) in [5, 5.41) is -4.52. The van der Waals surface area contributed by atoms with Gasteiger partial charge in [0.1, 0.15) is 0 Å². The normalized spacial score (nSPS) is 12.2. The molecule has 0 aliphatic rings. The van der Waals surface area contributed by atoms with E-state index in [-0.39, 0.29) is 5.56 Å². The van der Waals surface area contributed by atoms with Crippen LogP contribution < -0.4 is 0 Å². The predicted molar refractivity (Wildman–Crippen MR) is 58.0 cm³/mol. The van der Waals surface area contributed by atoms with Crippen molar-refractivity contribution >= 4 is 16.1 Å². The van der Waals surface area contributed by atoms with E-state index in [1.807, 2.05) is 0 Å². The van der Waals surface area contributed by atoms with E-state index >= 15 is 0 Å². The van der Waals surface area contributed by atoms with Crippen molar-refractivity contribution in [3.8, 4) is 0 Å². The summed E-state index contributed by atoms with van der Waals surface area (Å²) in [7, 11) is -5.60. The Balaban J connectivity index is 2.70. The molecule has 0 heterocycles. The highest BCUT2D eigenvalue weighted by Gasteiger charge is 2.45. The molecule has 0 unspecified atom stereocenters. The second kappa shape index (κ2) is 4.99. The number of alkyl halides is 2. The summed E-state index contributed by atoms with van der Waals surface area (Å²) in [5.74, 6) is -1.10. The summed E-state index contributed by atoms with van der Waals surface area (Å²) in [6.45, 7) is 0.0279. The third kappa shape index (κ3) is 3.47. The molecule has 8 heteroatoms. The van der Waals surface area contributed by atoms with Gasteiger partial charge in [0.2, 0.25) is 0 Å². The molecule has 5 nitrogen and oxygen atoms in total.